The van der Waals surface area contributed by atoms with E-state index in [0.717, 1.165) is 0 Å². The number of hydrogen-bond donors (Lipinski definition) is 2. The van der Waals surface area contributed by atoms with Crippen molar-refractivity contribution in [3.63, 3.8) is 0 Å². The molecule has 2 aromatic rings. The van der Waals surface area contributed by atoms with Crippen LogP contribution in [0.4, 0.5) is 0 Å². The Hall–Kier alpha value is -2.56. The Morgan fingerprint density at radius 1 is 1.26 bits per heavy atom. The first-order chi connectivity index (χ1) is 13.0. The van der Waals surface area contributed by atoms with Crippen molar-refractivity contribution < 1.29 is 22.5 Å². The highest BCUT2D eigenvalue weighted by Crippen LogP contribution is 2.30. The first kappa shape index (κ1) is 19.2. The number of carbonyl (C=O) groups excluding carboxylic acids is 1. The monoisotopic (exact) mass is 392 g/mol. The van der Waals surface area contributed by atoms with Crippen molar-refractivity contribution in [2.75, 3.05) is 19.8 Å². The van der Waals surface area contributed by atoms with Crippen LogP contribution in [-0.4, -0.2) is 44.2 Å². The van der Waals surface area contributed by atoms with Gasteiger partial charge in [0.25, 0.3) is 5.91 Å². The molecule has 1 aromatic carbocycles. The van der Waals surface area contributed by atoms with Crippen LogP contribution in [0.3, 0.4) is 0 Å². The van der Waals surface area contributed by atoms with E-state index in [1.54, 1.807) is 0 Å². The van der Waals surface area contributed by atoms with Crippen molar-refractivity contribution in [1.29, 1.82) is 0 Å². The van der Waals surface area contributed by atoms with E-state index in [9.17, 15) is 13.2 Å². The molecule has 9 nitrogen and oxygen atoms in total. The second kappa shape index (κ2) is 7.99. The van der Waals surface area contributed by atoms with E-state index in [-0.39, 0.29) is 17.3 Å². The summed E-state index contributed by atoms with van der Waals surface area (Å²) in [4.78, 5) is 16.9. The minimum Gasteiger partial charge on any atom is -0.381 e. The summed E-state index contributed by atoms with van der Waals surface area (Å²) in [5, 5.41) is 6.84. The van der Waals surface area contributed by atoms with E-state index < -0.39 is 15.6 Å². The third-order valence-electron chi connectivity index (χ3n) is 4.33. The topological polar surface area (TPSA) is 123 Å². The highest BCUT2D eigenvalue weighted by Gasteiger charge is 2.40. The number of rotatable bonds is 7. The summed E-state index contributed by atoms with van der Waals surface area (Å²) >= 11 is 0. The zero-order valence-corrected chi connectivity index (χ0v) is 15.4. The first-order valence-electron chi connectivity index (χ1n) is 8.35. The lowest BCUT2D eigenvalue weighted by atomic mass is 9.88. The molecule has 0 aliphatic carbocycles. The molecule has 1 amide bonds. The maximum atomic E-state index is 12.7. The van der Waals surface area contributed by atoms with Gasteiger partial charge in [-0.15, -0.1) is 6.58 Å². The fourth-order valence-electron chi connectivity index (χ4n) is 2.83. The molecule has 0 saturated carbocycles. The standard InChI is InChI=1S/C17H20N4O5S/c1-2-9-19-27(23,24)14-5-3-13(4-6-14)15(22)20-17(7-10-25-11-8-17)16-18-12-26-21-16/h2-6,12,19H,1,7-11H2,(H,20,22). The van der Waals surface area contributed by atoms with Gasteiger partial charge in [0, 0.05) is 38.2 Å². The Morgan fingerprint density at radius 3 is 2.56 bits per heavy atom. The Labute approximate surface area is 156 Å². The predicted octanol–water partition coefficient (Wildman–Crippen LogP) is 0.970. The van der Waals surface area contributed by atoms with Gasteiger partial charge in [-0.1, -0.05) is 11.2 Å². The van der Waals surface area contributed by atoms with E-state index in [2.05, 4.69) is 26.8 Å². The molecule has 3 rings (SSSR count). The summed E-state index contributed by atoms with van der Waals surface area (Å²) in [6.07, 6.45) is 3.69. The van der Waals surface area contributed by atoms with Gasteiger partial charge in [0.05, 0.1) is 4.90 Å². The number of nitrogens with one attached hydrogen (secondary N) is 2. The number of carbonyl (C=O) groups is 1. The number of ether oxygens (including phenoxy) is 1. The summed E-state index contributed by atoms with van der Waals surface area (Å²) in [6.45, 7) is 4.52. The van der Waals surface area contributed by atoms with Crippen molar-refractivity contribution in [3.05, 3.63) is 54.7 Å². The second-order valence-electron chi connectivity index (χ2n) is 6.07. The summed E-state index contributed by atoms with van der Waals surface area (Å²) in [7, 11) is -3.64. The minimum atomic E-state index is -3.64. The molecule has 0 atom stereocenters. The molecule has 2 heterocycles. The van der Waals surface area contributed by atoms with Gasteiger partial charge in [-0.05, 0) is 24.3 Å². The molecule has 0 spiro atoms. The summed E-state index contributed by atoms with van der Waals surface area (Å²) in [5.41, 5.74) is -0.453. The van der Waals surface area contributed by atoms with E-state index in [1.807, 2.05) is 0 Å². The molecular formula is C17H20N4O5S. The van der Waals surface area contributed by atoms with Crippen LogP contribution < -0.4 is 10.0 Å². The summed E-state index contributed by atoms with van der Waals surface area (Å²) in [5.74, 6) is 0.0386. The van der Waals surface area contributed by atoms with Crippen LogP contribution in [0, 0.1) is 0 Å². The van der Waals surface area contributed by atoms with Gasteiger partial charge in [-0.3, -0.25) is 4.79 Å². The molecule has 144 valence electrons. The maximum absolute atomic E-state index is 12.7. The fourth-order valence-corrected chi connectivity index (χ4v) is 3.83. The summed E-state index contributed by atoms with van der Waals surface area (Å²) in [6, 6.07) is 5.68. The number of aromatic nitrogens is 2. The molecule has 1 aliphatic heterocycles. The predicted molar refractivity (Wildman–Crippen MR) is 95.3 cm³/mol. The molecule has 27 heavy (non-hydrogen) atoms. The lowest BCUT2D eigenvalue weighted by Gasteiger charge is -2.35. The lowest BCUT2D eigenvalue weighted by Crippen LogP contribution is -2.50. The van der Waals surface area contributed by atoms with Crippen LogP contribution >= 0.6 is 0 Å². The third-order valence-corrected chi connectivity index (χ3v) is 5.77. The normalized spacial score (nSPS) is 16.6. The van der Waals surface area contributed by atoms with Crippen LogP contribution in [0.25, 0.3) is 0 Å². The van der Waals surface area contributed by atoms with Gasteiger partial charge >= 0.3 is 0 Å². The third kappa shape index (κ3) is 4.24. The Kier molecular flexibility index (Phi) is 5.68. The van der Waals surface area contributed by atoms with Gasteiger partial charge in [-0.25, -0.2) is 13.1 Å². The smallest absolute Gasteiger partial charge is 0.252 e. The van der Waals surface area contributed by atoms with Crippen molar-refractivity contribution in [3.8, 4) is 0 Å². The molecule has 1 aromatic heterocycles. The Balaban J connectivity index is 1.78. The highest BCUT2D eigenvalue weighted by atomic mass is 32.2. The van der Waals surface area contributed by atoms with Crippen molar-refractivity contribution in [2.24, 2.45) is 0 Å². The zero-order valence-electron chi connectivity index (χ0n) is 14.6. The average molecular weight is 392 g/mol. The first-order valence-corrected chi connectivity index (χ1v) is 9.83. The molecule has 0 unspecified atom stereocenters. The van der Waals surface area contributed by atoms with Gasteiger partial charge in [0.1, 0.15) is 5.54 Å². The number of benzene rings is 1. The van der Waals surface area contributed by atoms with Crippen LogP contribution in [0.5, 0.6) is 0 Å². The molecule has 0 radical (unpaired) electrons. The molecular weight excluding hydrogens is 372 g/mol. The minimum absolute atomic E-state index is 0.0693. The van der Waals surface area contributed by atoms with Gasteiger partial charge in [0.15, 0.2) is 5.82 Å². The summed E-state index contributed by atoms with van der Waals surface area (Å²) < 4.78 is 36.8. The quantitative estimate of drug-likeness (QED) is 0.673. The second-order valence-corrected chi connectivity index (χ2v) is 7.84. The van der Waals surface area contributed by atoms with Gasteiger partial charge < -0.3 is 14.6 Å². The average Bonchev–Trinajstić information content (AvgIpc) is 3.23. The number of amides is 1. The van der Waals surface area contributed by atoms with Gasteiger partial charge in [0.2, 0.25) is 16.4 Å². The molecule has 10 heteroatoms. The van der Waals surface area contributed by atoms with Crippen LogP contribution in [0.2, 0.25) is 0 Å². The molecule has 0 bridgehead atoms. The highest BCUT2D eigenvalue weighted by molar-refractivity contribution is 7.89. The SMILES string of the molecule is C=CCNS(=O)(=O)c1ccc(C(=O)NC2(c3ncon3)CCOCC2)cc1. The Bertz CT molecular complexity index is 888. The van der Waals surface area contributed by atoms with E-state index in [1.165, 1.54) is 36.7 Å². The van der Waals surface area contributed by atoms with Crippen molar-refractivity contribution in [2.45, 2.75) is 23.3 Å². The lowest BCUT2D eigenvalue weighted by molar-refractivity contribution is 0.0306. The van der Waals surface area contributed by atoms with Crippen LogP contribution in [-0.2, 0) is 20.3 Å². The Morgan fingerprint density at radius 2 is 1.96 bits per heavy atom. The van der Waals surface area contributed by atoms with Crippen LogP contribution in [0.1, 0.15) is 29.0 Å². The van der Waals surface area contributed by atoms with Crippen LogP contribution in [0.15, 0.2) is 52.7 Å². The largest absolute Gasteiger partial charge is 0.381 e. The zero-order chi connectivity index (χ0) is 19.3. The van der Waals surface area contributed by atoms with Crippen molar-refractivity contribution >= 4 is 15.9 Å². The number of nitrogens with zero attached hydrogens (tertiary/aromatic N) is 2. The molecule has 2 N–H and O–H groups in total. The van der Waals surface area contributed by atoms with E-state index >= 15 is 0 Å². The molecule has 1 aliphatic rings. The number of sulfonamides is 1. The molecule has 1 fully saturated rings. The fraction of sp³-hybridized carbons (Fsp3) is 0.353. The number of hydrogen-bond acceptors (Lipinski definition) is 7. The molecule has 1 saturated heterocycles. The van der Waals surface area contributed by atoms with E-state index in [0.29, 0.717) is 37.4 Å². The van der Waals surface area contributed by atoms with Gasteiger partial charge in [-0.2, -0.15) is 4.98 Å². The van der Waals surface area contributed by atoms with Crippen molar-refractivity contribution in [1.82, 2.24) is 20.2 Å². The van der Waals surface area contributed by atoms with E-state index in [4.69, 9.17) is 9.26 Å². The maximum Gasteiger partial charge on any atom is 0.252 e.